The molecule has 0 unspecified atom stereocenters. The summed E-state index contributed by atoms with van der Waals surface area (Å²) in [5, 5.41) is 8.58. The number of fused-ring (bicyclic) bond motifs is 1. The van der Waals surface area contributed by atoms with Gasteiger partial charge in [0.25, 0.3) is 5.91 Å². The molecule has 0 spiro atoms. The van der Waals surface area contributed by atoms with Gasteiger partial charge in [-0.3, -0.25) is 9.48 Å². The zero-order chi connectivity index (χ0) is 17.1. The molecule has 5 nitrogen and oxygen atoms in total. The van der Waals surface area contributed by atoms with Crippen molar-refractivity contribution in [1.29, 1.82) is 0 Å². The van der Waals surface area contributed by atoms with Gasteiger partial charge in [-0.1, -0.05) is 25.5 Å². The van der Waals surface area contributed by atoms with E-state index in [1.54, 1.807) is 7.11 Å². The van der Waals surface area contributed by atoms with Crippen LogP contribution in [0.2, 0.25) is 0 Å². The van der Waals surface area contributed by atoms with Crippen LogP contribution < -0.4 is 10.1 Å². The molecule has 3 rings (SSSR count). The first-order valence-electron chi connectivity index (χ1n) is 8.03. The Morgan fingerprint density at radius 2 is 2.21 bits per heavy atom. The molecule has 2 aromatic heterocycles. The highest BCUT2D eigenvalue weighted by molar-refractivity contribution is 7.20. The summed E-state index contributed by atoms with van der Waals surface area (Å²) in [5.74, 6) is 0.778. The van der Waals surface area contributed by atoms with Gasteiger partial charge in [0.1, 0.15) is 16.3 Å². The number of nitrogens with one attached hydrogen (secondary N) is 1. The van der Waals surface area contributed by atoms with Crippen molar-refractivity contribution in [2.75, 3.05) is 13.7 Å². The first-order valence-corrected chi connectivity index (χ1v) is 8.85. The molecule has 0 aliphatic carbocycles. The summed E-state index contributed by atoms with van der Waals surface area (Å²) < 4.78 is 7.13. The van der Waals surface area contributed by atoms with Crippen LogP contribution in [0.5, 0.6) is 5.75 Å². The fraction of sp³-hybridized carbons (Fsp3) is 0.333. The molecule has 2 heterocycles. The van der Waals surface area contributed by atoms with Crippen LogP contribution in [0, 0.1) is 0 Å². The minimum atomic E-state index is -0.0127. The number of methoxy groups -OCH3 is 1. The number of unbranched alkanes of at least 4 members (excludes halogenated alkanes) is 1. The van der Waals surface area contributed by atoms with E-state index in [4.69, 9.17) is 4.74 Å². The van der Waals surface area contributed by atoms with Crippen molar-refractivity contribution in [3.63, 3.8) is 0 Å². The average molecular weight is 343 g/mol. The molecule has 0 saturated carbocycles. The van der Waals surface area contributed by atoms with E-state index in [0.717, 1.165) is 44.9 Å². The number of hydrogen-bond donors (Lipinski definition) is 1. The highest BCUT2D eigenvalue weighted by Gasteiger charge is 2.18. The molecular weight excluding hydrogens is 322 g/mol. The van der Waals surface area contributed by atoms with Gasteiger partial charge in [0.15, 0.2) is 0 Å². The topological polar surface area (TPSA) is 56.1 Å². The number of nitrogens with zero attached hydrogens (tertiary/aromatic N) is 2. The number of aromatic nitrogens is 2. The number of hydrogen-bond acceptors (Lipinski definition) is 4. The lowest BCUT2D eigenvalue weighted by Gasteiger charge is -2.02. The lowest BCUT2D eigenvalue weighted by Crippen LogP contribution is -2.23. The van der Waals surface area contributed by atoms with Crippen molar-refractivity contribution < 1.29 is 9.53 Å². The van der Waals surface area contributed by atoms with Gasteiger partial charge >= 0.3 is 0 Å². The van der Waals surface area contributed by atoms with Gasteiger partial charge in [0.05, 0.1) is 12.0 Å². The summed E-state index contributed by atoms with van der Waals surface area (Å²) in [7, 11) is 3.55. The quantitative estimate of drug-likeness (QED) is 0.692. The Hall–Kier alpha value is -2.34. The number of thiophene rings is 1. The lowest BCUT2D eigenvalue weighted by molar-refractivity contribution is 0.0957. The van der Waals surface area contributed by atoms with E-state index in [1.807, 2.05) is 42.1 Å². The van der Waals surface area contributed by atoms with Crippen LogP contribution >= 0.6 is 11.3 Å². The standard InChI is InChI=1S/C18H21N3O2S/c1-4-5-9-19-17(22)15-11-14-16(20-21(2)18(14)24-15)12-7-6-8-13(10-12)23-3/h6-8,10-11H,4-5,9H2,1-3H3,(H,19,22). The highest BCUT2D eigenvalue weighted by atomic mass is 32.1. The molecule has 1 N–H and O–H groups in total. The first-order chi connectivity index (χ1) is 11.6. The zero-order valence-corrected chi connectivity index (χ0v) is 14.9. The smallest absolute Gasteiger partial charge is 0.261 e. The number of amides is 1. The van der Waals surface area contributed by atoms with E-state index in [2.05, 4.69) is 17.3 Å². The molecule has 24 heavy (non-hydrogen) atoms. The van der Waals surface area contributed by atoms with Crippen LogP contribution in [0.4, 0.5) is 0 Å². The van der Waals surface area contributed by atoms with Gasteiger partial charge in [0, 0.05) is 24.5 Å². The molecule has 1 aromatic carbocycles. The summed E-state index contributed by atoms with van der Waals surface area (Å²) >= 11 is 1.47. The van der Waals surface area contributed by atoms with Crippen LogP contribution in [-0.2, 0) is 7.05 Å². The minimum Gasteiger partial charge on any atom is -0.497 e. The third-order valence-corrected chi connectivity index (χ3v) is 5.10. The molecule has 0 bridgehead atoms. The lowest BCUT2D eigenvalue weighted by atomic mass is 10.1. The molecule has 0 saturated heterocycles. The Morgan fingerprint density at radius 1 is 1.38 bits per heavy atom. The van der Waals surface area contributed by atoms with E-state index in [9.17, 15) is 4.79 Å². The summed E-state index contributed by atoms with van der Waals surface area (Å²) in [6.07, 6.45) is 2.06. The SMILES string of the molecule is CCCCNC(=O)c1cc2c(-c3cccc(OC)c3)nn(C)c2s1. The van der Waals surface area contributed by atoms with Crippen molar-refractivity contribution in [1.82, 2.24) is 15.1 Å². The summed E-state index contributed by atoms with van der Waals surface area (Å²) in [4.78, 5) is 14.0. The third kappa shape index (κ3) is 3.14. The molecule has 0 aliphatic heterocycles. The Bertz CT molecular complexity index is 866. The minimum absolute atomic E-state index is 0.0127. The number of rotatable bonds is 6. The molecule has 6 heteroatoms. The summed E-state index contributed by atoms with van der Waals surface area (Å²) in [6, 6.07) is 9.75. The molecule has 126 valence electrons. The largest absolute Gasteiger partial charge is 0.497 e. The van der Waals surface area contributed by atoms with Gasteiger partial charge < -0.3 is 10.1 Å². The predicted octanol–water partition coefficient (Wildman–Crippen LogP) is 3.84. The average Bonchev–Trinajstić information content (AvgIpc) is 3.16. The maximum atomic E-state index is 12.3. The molecule has 0 fully saturated rings. The fourth-order valence-electron chi connectivity index (χ4n) is 2.60. The van der Waals surface area contributed by atoms with Crippen LogP contribution in [-0.4, -0.2) is 29.3 Å². The van der Waals surface area contributed by atoms with Gasteiger partial charge in [0.2, 0.25) is 0 Å². The number of aryl methyl sites for hydroxylation is 1. The Balaban J connectivity index is 1.96. The second kappa shape index (κ2) is 7.05. The predicted molar refractivity (Wildman–Crippen MR) is 97.8 cm³/mol. The van der Waals surface area contributed by atoms with Crippen molar-refractivity contribution in [3.8, 4) is 17.0 Å². The van der Waals surface area contributed by atoms with Crippen molar-refractivity contribution in [3.05, 3.63) is 35.2 Å². The molecule has 0 atom stereocenters. The normalized spacial score (nSPS) is 11.0. The monoisotopic (exact) mass is 343 g/mol. The zero-order valence-electron chi connectivity index (χ0n) is 14.1. The van der Waals surface area contributed by atoms with Crippen LogP contribution in [0.25, 0.3) is 21.5 Å². The van der Waals surface area contributed by atoms with Crippen LogP contribution in [0.3, 0.4) is 0 Å². The Kier molecular flexibility index (Phi) is 4.85. The van der Waals surface area contributed by atoms with E-state index in [-0.39, 0.29) is 5.91 Å². The second-order valence-corrected chi connectivity index (χ2v) is 6.67. The molecule has 0 aliphatic rings. The van der Waals surface area contributed by atoms with Crippen LogP contribution in [0.1, 0.15) is 29.4 Å². The number of carbonyl (C=O) groups excluding carboxylic acids is 1. The van der Waals surface area contributed by atoms with E-state index in [0.29, 0.717) is 6.54 Å². The fourth-order valence-corrected chi connectivity index (χ4v) is 3.59. The Labute approximate surface area is 145 Å². The maximum absolute atomic E-state index is 12.3. The van der Waals surface area contributed by atoms with E-state index in [1.165, 1.54) is 11.3 Å². The third-order valence-electron chi connectivity index (χ3n) is 3.89. The first kappa shape index (κ1) is 16.5. The van der Waals surface area contributed by atoms with E-state index >= 15 is 0 Å². The van der Waals surface area contributed by atoms with Gasteiger partial charge in [-0.15, -0.1) is 11.3 Å². The van der Waals surface area contributed by atoms with E-state index < -0.39 is 0 Å². The second-order valence-electron chi connectivity index (χ2n) is 5.64. The van der Waals surface area contributed by atoms with Gasteiger partial charge in [-0.2, -0.15) is 5.10 Å². The van der Waals surface area contributed by atoms with Crippen molar-refractivity contribution in [2.45, 2.75) is 19.8 Å². The molecule has 0 radical (unpaired) electrons. The van der Waals surface area contributed by atoms with Gasteiger partial charge in [-0.05, 0) is 24.6 Å². The van der Waals surface area contributed by atoms with Crippen LogP contribution in [0.15, 0.2) is 30.3 Å². The maximum Gasteiger partial charge on any atom is 0.261 e. The Morgan fingerprint density at radius 3 is 2.96 bits per heavy atom. The molecule has 3 aromatic rings. The number of ether oxygens (including phenoxy) is 1. The number of benzene rings is 1. The highest BCUT2D eigenvalue weighted by Crippen LogP contribution is 2.34. The summed E-state index contributed by atoms with van der Waals surface area (Å²) in [6.45, 7) is 2.82. The van der Waals surface area contributed by atoms with Crippen molar-refractivity contribution in [2.24, 2.45) is 7.05 Å². The van der Waals surface area contributed by atoms with Crippen molar-refractivity contribution >= 4 is 27.5 Å². The van der Waals surface area contributed by atoms with Gasteiger partial charge in [-0.25, -0.2) is 0 Å². The summed E-state index contributed by atoms with van der Waals surface area (Å²) in [5.41, 5.74) is 1.85. The molecule has 1 amide bonds. The number of carbonyl (C=O) groups is 1. The molecular formula is C18H21N3O2S.